The van der Waals surface area contributed by atoms with E-state index in [-0.39, 0.29) is 23.7 Å². The summed E-state index contributed by atoms with van der Waals surface area (Å²) >= 11 is 7.38. The van der Waals surface area contributed by atoms with Crippen LogP contribution in [0.4, 0.5) is 10.7 Å². The quantitative estimate of drug-likeness (QED) is 0.478. The first kappa shape index (κ1) is 21.4. The maximum Gasteiger partial charge on any atom is 0.259 e. The van der Waals surface area contributed by atoms with Gasteiger partial charge in [-0.1, -0.05) is 35.9 Å². The fourth-order valence-corrected chi connectivity index (χ4v) is 4.88. The molecule has 2 amide bonds. The number of nitrogens with one attached hydrogen (secondary N) is 2. The molecule has 0 radical (unpaired) electrons. The van der Waals surface area contributed by atoms with Gasteiger partial charge in [0.1, 0.15) is 10.8 Å². The molecule has 31 heavy (non-hydrogen) atoms. The van der Waals surface area contributed by atoms with Crippen LogP contribution in [0.3, 0.4) is 0 Å². The number of hydrogen-bond acceptors (Lipinski definition) is 4. The van der Waals surface area contributed by atoms with Gasteiger partial charge in [-0.25, -0.2) is 0 Å². The molecule has 2 atom stereocenters. The van der Waals surface area contributed by atoms with Crippen molar-refractivity contribution >= 4 is 45.4 Å². The number of para-hydroxylation sites is 2. The predicted octanol–water partition coefficient (Wildman–Crippen LogP) is 6.02. The minimum atomic E-state index is -0.272. The lowest BCUT2D eigenvalue weighted by Gasteiger charge is -2.11. The number of methoxy groups -OCH3 is 1. The number of thiophene rings is 1. The Hall–Kier alpha value is -2.83. The smallest absolute Gasteiger partial charge is 0.259 e. The minimum absolute atomic E-state index is 0.0625. The SMILES string of the molecule is COc1ccccc1NC(=O)c1c(NC(=O)[C@@H]2C[C@@H]2c2ccc(Cl)cc2)sc(C)c1C. The Labute approximate surface area is 190 Å². The zero-order valence-electron chi connectivity index (χ0n) is 17.5. The molecule has 1 fully saturated rings. The fourth-order valence-electron chi connectivity index (χ4n) is 3.69. The van der Waals surface area contributed by atoms with E-state index in [0.29, 0.717) is 27.0 Å². The summed E-state index contributed by atoms with van der Waals surface area (Å²) in [6.07, 6.45) is 0.791. The molecule has 1 aromatic heterocycles. The Morgan fingerprint density at radius 3 is 2.48 bits per heavy atom. The highest BCUT2D eigenvalue weighted by molar-refractivity contribution is 7.16. The summed E-state index contributed by atoms with van der Waals surface area (Å²) in [6.45, 7) is 3.84. The zero-order chi connectivity index (χ0) is 22.1. The van der Waals surface area contributed by atoms with Gasteiger partial charge in [-0.2, -0.15) is 0 Å². The van der Waals surface area contributed by atoms with E-state index in [4.69, 9.17) is 16.3 Å². The Balaban J connectivity index is 1.51. The second-order valence-corrected chi connectivity index (χ2v) is 9.29. The van der Waals surface area contributed by atoms with E-state index >= 15 is 0 Å². The maximum atomic E-state index is 13.1. The van der Waals surface area contributed by atoms with Crippen LogP contribution in [0.1, 0.15) is 38.7 Å². The summed E-state index contributed by atoms with van der Waals surface area (Å²) < 4.78 is 5.32. The van der Waals surface area contributed by atoms with Crippen LogP contribution in [0.5, 0.6) is 5.75 Å². The highest BCUT2D eigenvalue weighted by Crippen LogP contribution is 2.48. The molecule has 4 rings (SSSR count). The van der Waals surface area contributed by atoms with Gasteiger partial charge < -0.3 is 15.4 Å². The summed E-state index contributed by atoms with van der Waals surface area (Å²) in [5.41, 5.74) is 3.04. The van der Waals surface area contributed by atoms with Crippen molar-refractivity contribution in [2.75, 3.05) is 17.7 Å². The summed E-state index contributed by atoms with van der Waals surface area (Å²) in [6, 6.07) is 14.9. The van der Waals surface area contributed by atoms with Gasteiger partial charge in [-0.15, -0.1) is 11.3 Å². The largest absolute Gasteiger partial charge is 0.495 e. The first-order valence-electron chi connectivity index (χ1n) is 9.99. The lowest BCUT2D eigenvalue weighted by Crippen LogP contribution is -2.19. The van der Waals surface area contributed by atoms with Gasteiger partial charge in [0.15, 0.2) is 0 Å². The molecule has 2 aromatic carbocycles. The molecule has 0 bridgehead atoms. The third-order valence-corrected chi connectivity index (χ3v) is 7.00. The number of carbonyl (C=O) groups is 2. The van der Waals surface area contributed by atoms with Crippen LogP contribution in [0.25, 0.3) is 0 Å². The highest BCUT2D eigenvalue weighted by atomic mass is 35.5. The molecule has 160 valence electrons. The average molecular weight is 455 g/mol. The summed E-state index contributed by atoms with van der Waals surface area (Å²) in [5.74, 6) is 0.327. The second kappa shape index (κ2) is 8.73. The number of benzene rings is 2. The number of ether oxygens (including phenoxy) is 1. The first-order chi connectivity index (χ1) is 14.9. The molecular weight excluding hydrogens is 432 g/mol. The molecule has 0 unspecified atom stereocenters. The van der Waals surface area contributed by atoms with E-state index in [9.17, 15) is 9.59 Å². The molecule has 1 heterocycles. The minimum Gasteiger partial charge on any atom is -0.495 e. The first-order valence-corrected chi connectivity index (χ1v) is 11.2. The highest BCUT2D eigenvalue weighted by Gasteiger charge is 2.44. The van der Waals surface area contributed by atoms with Crippen molar-refractivity contribution in [3.63, 3.8) is 0 Å². The lowest BCUT2D eigenvalue weighted by atomic mass is 10.1. The standard InChI is InChI=1S/C24H23ClN2O3S/c1-13-14(2)31-24(21(13)23(29)26-19-6-4-5-7-20(19)30-3)27-22(28)18-12-17(18)15-8-10-16(25)11-9-15/h4-11,17-18H,12H2,1-3H3,(H,26,29)(H,27,28)/t17-,18-/m1/s1. The zero-order valence-corrected chi connectivity index (χ0v) is 19.1. The van der Waals surface area contributed by atoms with Crippen molar-refractivity contribution in [1.82, 2.24) is 0 Å². The topological polar surface area (TPSA) is 67.4 Å². The van der Waals surface area contributed by atoms with Crippen LogP contribution >= 0.6 is 22.9 Å². The van der Waals surface area contributed by atoms with Gasteiger partial charge in [-0.3, -0.25) is 9.59 Å². The van der Waals surface area contributed by atoms with Crippen LogP contribution in [0, 0.1) is 19.8 Å². The molecule has 2 N–H and O–H groups in total. The number of hydrogen-bond donors (Lipinski definition) is 2. The van der Waals surface area contributed by atoms with Crippen molar-refractivity contribution < 1.29 is 14.3 Å². The molecule has 1 saturated carbocycles. The van der Waals surface area contributed by atoms with Gasteiger partial charge in [0.05, 0.1) is 18.4 Å². The van der Waals surface area contributed by atoms with Crippen molar-refractivity contribution in [3.05, 3.63) is 75.1 Å². The van der Waals surface area contributed by atoms with Crippen LogP contribution < -0.4 is 15.4 Å². The Morgan fingerprint density at radius 1 is 1.06 bits per heavy atom. The predicted molar refractivity (Wildman–Crippen MR) is 126 cm³/mol. The van der Waals surface area contributed by atoms with Gasteiger partial charge >= 0.3 is 0 Å². The summed E-state index contributed by atoms with van der Waals surface area (Å²) in [7, 11) is 1.56. The van der Waals surface area contributed by atoms with E-state index < -0.39 is 0 Å². The number of anilines is 2. The monoisotopic (exact) mass is 454 g/mol. The van der Waals surface area contributed by atoms with Crippen LogP contribution in [-0.2, 0) is 4.79 Å². The third kappa shape index (κ3) is 4.45. The van der Waals surface area contributed by atoms with E-state index in [0.717, 1.165) is 22.4 Å². The molecular formula is C24H23ClN2O3S. The number of amides is 2. The molecule has 0 aliphatic heterocycles. The van der Waals surface area contributed by atoms with Crippen molar-refractivity contribution in [1.29, 1.82) is 0 Å². The number of rotatable bonds is 6. The van der Waals surface area contributed by atoms with Crippen molar-refractivity contribution in [3.8, 4) is 5.75 Å². The van der Waals surface area contributed by atoms with Gasteiger partial charge in [0, 0.05) is 15.8 Å². The average Bonchev–Trinajstić information content (AvgIpc) is 3.50. The van der Waals surface area contributed by atoms with E-state index in [1.54, 1.807) is 19.2 Å². The molecule has 0 spiro atoms. The van der Waals surface area contributed by atoms with Crippen LogP contribution in [0.2, 0.25) is 5.02 Å². The lowest BCUT2D eigenvalue weighted by molar-refractivity contribution is -0.117. The van der Waals surface area contributed by atoms with E-state index in [1.807, 2.05) is 50.2 Å². The van der Waals surface area contributed by atoms with Gasteiger partial charge in [-0.05, 0) is 61.6 Å². The molecule has 7 heteroatoms. The van der Waals surface area contributed by atoms with Crippen LogP contribution in [0.15, 0.2) is 48.5 Å². The van der Waals surface area contributed by atoms with Crippen molar-refractivity contribution in [2.24, 2.45) is 5.92 Å². The maximum absolute atomic E-state index is 13.1. The number of aryl methyl sites for hydroxylation is 1. The van der Waals surface area contributed by atoms with Gasteiger partial charge in [0.25, 0.3) is 5.91 Å². The summed E-state index contributed by atoms with van der Waals surface area (Å²) in [4.78, 5) is 27.0. The molecule has 1 aliphatic carbocycles. The van der Waals surface area contributed by atoms with Gasteiger partial charge in [0.2, 0.25) is 5.91 Å². The summed E-state index contributed by atoms with van der Waals surface area (Å²) in [5, 5.41) is 7.17. The van der Waals surface area contributed by atoms with Crippen molar-refractivity contribution in [2.45, 2.75) is 26.2 Å². The molecule has 0 saturated heterocycles. The van der Waals surface area contributed by atoms with E-state index in [1.165, 1.54) is 11.3 Å². The third-order valence-electron chi connectivity index (χ3n) is 5.63. The fraction of sp³-hybridized carbons (Fsp3) is 0.250. The van der Waals surface area contributed by atoms with E-state index in [2.05, 4.69) is 10.6 Å². The molecule has 5 nitrogen and oxygen atoms in total. The number of halogens is 1. The Morgan fingerprint density at radius 2 is 1.77 bits per heavy atom. The normalized spacial score (nSPS) is 17.2. The number of carbonyl (C=O) groups excluding carboxylic acids is 2. The molecule has 1 aliphatic rings. The second-order valence-electron chi connectivity index (χ2n) is 7.63. The Kier molecular flexibility index (Phi) is 6.03. The van der Waals surface area contributed by atoms with Crippen LogP contribution in [-0.4, -0.2) is 18.9 Å². The molecule has 3 aromatic rings. The Bertz CT molecular complexity index is 1140.